The fourth-order valence-electron chi connectivity index (χ4n) is 4.59. The Kier molecular flexibility index (Phi) is 5.08. The van der Waals surface area contributed by atoms with Gasteiger partial charge in [0.2, 0.25) is 0 Å². The molecule has 0 radical (unpaired) electrons. The molecule has 0 fully saturated rings. The first-order chi connectivity index (χ1) is 12.8. The monoisotopic (exact) mass is 356 g/mol. The Balaban J connectivity index is 1.96. The van der Waals surface area contributed by atoms with Gasteiger partial charge in [-0.3, -0.25) is 0 Å². The zero-order chi connectivity index (χ0) is 17.8. The highest BCUT2D eigenvalue weighted by Crippen LogP contribution is 2.27. The first-order valence-electron chi connectivity index (χ1n) is 10.0. The Labute approximate surface area is 158 Å². The highest BCUT2D eigenvalue weighted by atomic mass is 28.3. The van der Waals surface area contributed by atoms with E-state index in [9.17, 15) is 0 Å². The van der Waals surface area contributed by atoms with E-state index in [0.29, 0.717) is 0 Å². The second-order valence-corrected chi connectivity index (χ2v) is 11.7. The maximum absolute atomic E-state index is 2.61. The summed E-state index contributed by atoms with van der Waals surface area (Å²) in [5.41, 5.74) is 0. The average Bonchev–Trinajstić information content (AvgIpc) is 2.67. The molecule has 0 saturated heterocycles. The van der Waals surface area contributed by atoms with Gasteiger partial charge in [0.05, 0.1) is 0 Å². The molecule has 0 nitrogen and oxygen atoms in total. The molecule has 0 heterocycles. The van der Waals surface area contributed by atoms with Gasteiger partial charge >= 0.3 is 0 Å². The number of hydrogen-bond donors (Lipinski definition) is 0. The molecular formula is C25H28Si. The minimum Gasteiger partial charge on any atom is -0.0885 e. The fraction of sp³-hybridized carbons (Fsp3) is 0.280. The summed E-state index contributed by atoms with van der Waals surface area (Å²) in [6.45, 7) is 2.58. The van der Waals surface area contributed by atoms with Crippen molar-refractivity contribution in [2.24, 2.45) is 0 Å². The van der Waals surface area contributed by atoms with Crippen LogP contribution in [-0.2, 0) is 0 Å². The van der Waals surface area contributed by atoms with Gasteiger partial charge in [0, 0.05) is 0 Å². The third-order valence-corrected chi connectivity index (χ3v) is 10.9. The molecule has 0 saturated carbocycles. The molecule has 0 N–H and O–H groups in total. The van der Waals surface area contributed by atoms with Crippen molar-refractivity contribution >= 4 is 29.2 Å². The van der Waals surface area contributed by atoms with Crippen LogP contribution in [0.2, 0.25) is 6.55 Å². The van der Waals surface area contributed by atoms with Gasteiger partial charge in [0.15, 0.2) is 0 Å². The third kappa shape index (κ3) is 3.17. The topological polar surface area (TPSA) is 0 Å². The summed E-state index contributed by atoms with van der Waals surface area (Å²) >= 11 is 0. The number of fused-ring (bicyclic) bond motifs is 1. The predicted molar refractivity (Wildman–Crippen MR) is 117 cm³/mol. The zero-order valence-corrected chi connectivity index (χ0v) is 16.7. The Morgan fingerprint density at radius 2 is 1.42 bits per heavy atom. The molecule has 4 rings (SSSR count). The summed E-state index contributed by atoms with van der Waals surface area (Å²) in [5, 5.41) is 7.67. The first-order valence-corrected chi connectivity index (χ1v) is 12.5. The minimum atomic E-state index is -1.96. The van der Waals surface area contributed by atoms with E-state index in [0.717, 1.165) is 0 Å². The molecule has 26 heavy (non-hydrogen) atoms. The number of hydrogen-bond acceptors (Lipinski definition) is 0. The summed E-state index contributed by atoms with van der Waals surface area (Å²) < 4.78 is 0. The van der Waals surface area contributed by atoms with E-state index in [-0.39, 0.29) is 0 Å². The Morgan fingerprint density at radius 3 is 2.31 bits per heavy atom. The summed E-state index contributed by atoms with van der Waals surface area (Å²) in [6.07, 6.45) is 10.6. The van der Waals surface area contributed by atoms with Crippen LogP contribution in [0, 0.1) is 0 Å². The number of benzene rings is 3. The van der Waals surface area contributed by atoms with Gasteiger partial charge in [-0.2, -0.15) is 0 Å². The molecule has 0 aromatic heterocycles. The van der Waals surface area contributed by atoms with Gasteiger partial charge in [-0.05, 0) is 46.8 Å². The standard InChI is InChI=1S/C25H28Si/c1-26(23-17-8-5-9-18-23,22-15-6-3-2-4-7-16-22)25-20-12-14-21-13-10-11-19-24(21)25/h5,8-15,17-20H,2-4,6-7,16H2,1H3. The summed E-state index contributed by atoms with van der Waals surface area (Å²) in [7, 11) is -1.96. The van der Waals surface area contributed by atoms with Crippen LogP contribution in [0.3, 0.4) is 0 Å². The fourth-order valence-corrected chi connectivity index (χ4v) is 8.90. The van der Waals surface area contributed by atoms with Crippen LogP contribution in [0.1, 0.15) is 38.5 Å². The summed E-state index contributed by atoms with van der Waals surface area (Å²) in [4.78, 5) is 0. The Bertz CT molecular complexity index is 904. The molecule has 0 aliphatic heterocycles. The van der Waals surface area contributed by atoms with E-state index in [1.165, 1.54) is 49.3 Å². The van der Waals surface area contributed by atoms with E-state index in [1.807, 2.05) is 0 Å². The summed E-state index contributed by atoms with van der Waals surface area (Å²) in [6, 6.07) is 27.2. The molecule has 0 spiro atoms. The minimum absolute atomic E-state index is 1.25. The van der Waals surface area contributed by atoms with Crippen LogP contribution >= 0.6 is 0 Å². The lowest BCUT2D eigenvalue weighted by molar-refractivity contribution is 0.633. The smallest absolute Gasteiger partial charge is 0.0885 e. The van der Waals surface area contributed by atoms with Gasteiger partial charge in [0.25, 0.3) is 0 Å². The molecular weight excluding hydrogens is 328 g/mol. The van der Waals surface area contributed by atoms with Crippen molar-refractivity contribution in [2.75, 3.05) is 0 Å². The molecule has 132 valence electrons. The quantitative estimate of drug-likeness (QED) is 0.516. The van der Waals surface area contributed by atoms with Crippen LogP contribution in [0.15, 0.2) is 84.1 Å². The van der Waals surface area contributed by atoms with Crippen molar-refractivity contribution in [3.63, 3.8) is 0 Å². The van der Waals surface area contributed by atoms with Gasteiger partial charge in [0.1, 0.15) is 8.07 Å². The van der Waals surface area contributed by atoms with Gasteiger partial charge in [-0.1, -0.05) is 103 Å². The molecule has 1 atom stereocenters. The van der Waals surface area contributed by atoms with Crippen molar-refractivity contribution in [1.82, 2.24) is 0 Å². The average molecular weight is 357 g/mol. The normalized spacial score (nSPS) is 17.8. The molecule has 3 aromatic rings. The summed E-state index contributed by atoms with van der Waals surface area (Å²) in [5.74, 6) is 0. The van der Waals surface area contributed by atoms with Crippen molar-refractivity contribution < 1.29 is 0 Å². The van der Waals surface area contributed by atoms with Crippen molar-refractivity contribution in [2.45, 2.75) is 45.1 Å². The maximum atomic E-state index is 2.61. The van der Waals surface area contributed by atoms with Gasteiger partial charge < -0.3 is 0 Å². The SMILES string of the molecule is C[Si](C1=CCCCCCC1)(c1ccccc1)c1cccc2ccccc12. The third-order valence-electron chi connectivity index (χ3n) is 6.11. The molecule has 3 aromatic carbocycles. The molecule has 0 amide bonds. The van der Waals surface area contributed by atoms with Crippen LogP contribution in [0.5, 0.6) is 0 Å². The van der Waals surface area contributed by atoms with Crippen molar-refractivity contribution in [1.29, 1.82) is 0 Å². The Morgan fingerprint density at radius 1 is 0.692 bits per heavy atom. The molecule has 0 bridgehead atoms. The lowest BCUT2D eigenvalue weighted by Gasteiger charge is -2.34. The van der Waals surface area contributed by atoms with E-state index in [2.05, 4.69) is 85.4 Å². The molecule has 1 unspecified atom stereocenters. The molecule has 1 aliphatic carbocycles. The van der Waals surface area contributed by atoms with Crippen LogP contribution in [-0.4, -0.2) is 8.07 Å². The zero-order valence-electron chi connectivity index (χ0n) is 15.7. The van der Waals surface area contributed by atoms with E-state index < -0.39 is 8.07 Å². The second kappa shape index (κ2) is 7.63. The molecule has 1 heteroatoms. The lowest BCUT2D eigenvalue weighted by Crippen LogP contribution is -2.58. The van der Waals surface area contributed by atoms with Crippen molar-refractivity contribution in [3.05, 3.63) is 84.1 Å². The number of rotatable bonds is 3. The van der Waals surface area contributed by atoms with E-state index >= 15 is 0 Å². The van der Waals surface area contributed by atoms with Crippen LogP contribution < -0.4 is 10.4 Å². The molecule has 1 aliphatic rings. The van der Waals surface area contributed by atoms with Crippen molar-refractivity contribution in [3.8, 4) is 0 Å². The second-order valence-electron chi connectivity index (χ2n) is 7.70. The van der Waals surface area contributed by atoms with E-state index in [4.69, 9.17) is 0 Å². The number of allylic oxidation sites excluding steroid dienone is 2. The van der Waals surface area contributed by atoms with Crippen LogP contribution in [0.25, 0.3) is 10.8 Å². The van der Waals surface area contributed by atoms with Gasteiger partial charge in [-0.25, -0.2) is 0 Å². The maximum Gasteiger partial charge on any atom is 0.141 e. The Hall–Kier alpha value is -2.12. The largest absolute Gasteiger partial charge is 0.141 e. The van der Waals surface area contributed by atoms with E-state index in [1.54, 1.807) is 15.6 Å². The van der Waals surface area contributed by atoms with Gasteiger partial charge in [-0.15, -0.1) is 0 Å². The lowest BCUT2D eigenvalue weighted by atomic mass is 10.1. The first kappa shape index (κ1) is 17.3. The van der Waals surface area contributed by atoms with Crippen LogP contribution in [0.4, 0.5) is 0 Å². The highest BCUT2D eigenvalue weighted by molar-refractivity contribution is 7.07. The highest BCUT2D eigenvalue weighted by Gasteiger charge is 2.36. The predicted octanol–water partition coefficient (Wildman–Crippen LogP) is 5.85.